The van der Waals surface area contributed by atoms with E-state index in [9.17, 15) is 10.2 Å². The summed E-state index contributed by atoms with van der Waals surface area (Å²) in [5.41, 5.74) is 4.17. The van der Waals surface area contributed by atoms with Crippen LogP contribution in [0.15, 0.2) is 37.4 Å². The molecule has 0 aliphatic carbocycles. The minimum Gasteiger partial charge on any atom is -0.396 e. The molecule has 2 rings (SSSR count). The highest BCUT2D eigenvalue weighted by Crippen LogP contribution is 2.35. The summed E-state index contributed by atoms with van der Waals surface area (Å²) in [5.74, 6) is 0. The first-order chi connectivity index (χ1) is 12.1. The second-order valence-electron chi connectivity index (χ2n) is 8.61. The summed E-state index contributed by atoms with van der Waals surface area (Å²) in [4.78, 5) is 9.61. The zero-order valence-corrected chi connectivity index (χ0v) is 16.3. The van der Waals surface area contributed by atoms with Gasteiger partial charge in [0.1, 0.15) is 0 Å². The predicted molar refractivity (Wildman–Crippen MR) is 109 cm³/mol. The van der Waals surface area contributed by atoms with Gasteiger partial charge in [0.2, 0.25) is 0 Å². The normalized spacial score (nSPS) is 12.4. The summed E-state index contributed by atoms with van der Waals surface area (Å²) in [6.07, 6.45) is 1.22. The van der Waals surface area contributed by atoms with Crippen molar-refractivity contribution in [2.75, 3.05) is 13.2 Å². The standard InChI is InChI=1S/C22H30N2O2/c1-15(11-21(3,4)13-25)19-20(16(2)12-22(5,6)14-26)24-18-10-8-7-9-17(18)23-19/h7-10,25-26H,1-2,11-14H2,3-6H3. The number of nitrogens with zero attached hydrogens (tertiary/aromatic N) is 2. The maximum Gasteiger partial charge on any atom is 0.0923 e. The van der Waals surface area contributed by atoms with Crippen LogP contribution in [-0.4, -0.2) is 33.4 Å². The molecule has 0 spiro atoms. The Hall–Kier alpha value is -2.04. The third-order valence-electron chi connectivity index (χ3n) is 4.48. The van der Waals surface area contributed by atoms with E-state index in [2.05, 4.69) is 13.2 Å². The third-order valence-corrected chi connectivity index (χ3v) is 4.48. The van der Waals surface area contributed by atoms with Crippen LogP contribution in [0.1, 0.15) is 51.9 Å². The first-order valence-corrected chi connectivity index (χ1v) is 8.93. The number of aliphatic hydroxyl groups is 2. The lowest BCUT2D eigenvalue weighted by molar-refractivity contribution is 0.164. The fourth-order valence-corrected chi connectivity index (χ4v) is 2.93. The molecule has 2 aromatic rings. The van der Waals surface area contributed by atoms with Crippen molar-refractivity contribution in [3.05, 3.63) is 48.8 Å². The second-order valence-corrected chi connectivity index (χ2v) is 8.61. The molecule has 1 aromatic carbocycles. The zero-order chi connectivity index (χ0) is 19.5. The number of para-hydroxylation sites is 2. The van der Waals surface area contributed by atoms with Gasteiger partial charge in [-0.3, -0.25) is 0 Å². The lowest BCUT2D eigenvalue weighted by atomic mass is 9.83. The Morgan fingerprint density at radius 3 is 1.46 bits per heavy atom. The molecule has 0 aliphatic rings. The molecular formula is C22H30N2O2. The molecule has 0 atom stereocenters. The van der Waals surface area contributed by atoms with E-state index in [1.165, 1.54) is 0 Å². The number of allylic oxidation sites excluding steroid dienone is 2. The lowest BCUT2D eigenvalue weighted by Gasteiger charge is -2.25. The number of rotatable bonds is 8. The van der Waals surface area contributed by atoms with Gasteiger partial charge in [-0.15, -0.1) is 0 Å². The van der Waals surface area contributed by atoms with Crippen LogP contribution in [0.2, 0.25) is 0 Å². The fraction of sp³-hybridized carbons (Fsp3) is 0.455. The largest absolute Gasteiger partial charge is 0.396 e. The van der Waals surface area contributed by atoms with Crippen LogP contribution >= 0.6 is 0 Å². The molecule has 0 bridgehead atoms. The van der Waals surface area contributed by atoms with Crippen molar-refractivity contribution in [1.82, 2.24) is 9.97 Å². The van der Waals surface area contributed by atoms with Gasteiger partial charge in [-0.1, -0.05) is 53.0 Å². The highest BCUT2D eigenvalue weighted by atomic mass is 16.3. The monoisotopic (exact) mass is 354 g/mol. The summed E-state index contributed by atoms with van der Waals surface area (Å²) >= 11 is 0. The van der Waals surface area contributed by atoms with E-state index in [-0.39, 0.29) is 24.0 Å². The molecule has 0 saturated carbocycles. The molecule has 4 heteroatoms. The van der Waals surface area contributed by atoms with Crippen LogP contribution in [0.25, 0.3) is 22.2 Å². The Morgan fingerprint density at radius 2 is 1.15 bits per heavy atom. The van der Waals surface area contributed by atoms with Gasteiger partial charge < -0.3 is 10.2 Å². The van der Waals surface area contributed by atoms with Crippen molar-refractivity contribution < 1.29 is 10.2 Å². The molecule has 0 radical (unpaired) electrons. The number of aromatic nitrogens is 2. The summed E-state index contributed by atoms with van der Waals surface area (Å²) < 4.78 is 0. The molecule has 0 amide bonds. The Kier molecular flexibility index (Phi) is 5.99. The maximum atomic E-state index is 9.60. The van der Waals surface area contributed by atoms with Gasteiger partial charge in [-0.05, 0) is 47.0 Å². The summed E-state index contributed by atoms with van der Waals surface area (Å²) in [6, 6.07) is 7.73. The van der Waals surface area contributed by atoms with Crippen molar-refractivity contribution in [2.24, 2.45) is 10.8 Å². The van der Waals surface area contributed by atoms with Gasteiger partial charge in [-0.2, -0.15) is 0 Å². The highest BCUT2D eigenvalue weighted by molar-refractivity contribution is 5.82. The number of hydrogen-bond donors (Lipinski definition) is 2. The molecule has 1 aromatic heterocycles. The second kappa shape index (κ2) is 7.68. The number of hydrogen-bond acceptors (Lipinski definition) is 4. The first kappa shape index (κ1) is 20.3. The average Bonchev–Trinajstić information content (AvgIpc) is 2.59. The van der Waals surface area contributed by atoms with Gasteiger partial charge in [0.05, 0.1) is 22.4 Å². The van der Waals surface area contributed by atoms with Crippen LogP contribution in [0.5, 0.6) is 0 Å². The molecule has 0 unspecified atom stereocenters. The molecular weight excluding hydrogens is 324 g/mol. The van der Waals surface area contributed by atoms with Crippen LogP contribution in [0, 0.1) is 10.8 Å². The van der Waals surface area contributed by atoms with Crippen LogP contribution in [0.3, 0.4) is 0 Å². The highest BCUT2D eigenvalue weighted by Gasteiger charge is 2.25. The van der Waals surface area contributed by atoms with E-state index in [4.69, 9.17) is 9.97 Å². The van der Waals surface area contributed by atoms with Crippen molar-refractivity contribution in [3.63, 3.8) is 0 Å². The first-order valence-electron chi connectivity index (χ1n) is 8.93. The number of fused-ring (bicyclic) bond motifs is 1. The van der Waals surface area contributed by atoms with Crippen LogP contribution < -0.4 is 0 Å². The Bertz CT molecular complexity index is 754. The Labute approximate surface area is 156 Å². The fourth-order valence-electron chi connectivity index (χ4n) is 2.93. The predicted octanol–water partition coefficient (Wildman–Crippen LogP) is 4.47. The minimum atomic E-state index is -0.284. The zero-order valence-electron chi connectivity index (χ0n) is 16.3. The Balaban J connectivity index is 2.52. The van der Waals surface area contributed by atoms with Gasteiger partial charge in [0.25, 0.3) is 0 Å². The van der Waals surface area contributed by atoms with E-state index in [1.54, 1.807) is 0 Å². The number of benzene rings is 1. The molecule has 4 nitrogen and oxygen atoms in total. The van der Waals surface area contributed by atoms with Gasteiger partial charge in [0, 0.05) is 13.2 Å². The molecule has 0 saturated heterocycles. The average molecular weight is 354 g/mol. The third kappa shape index (κ3) is 4.77. The lowest BCUT2D eigenvalue weighted by Crippen LogP contribution is -2.19. The molecule has 0 fully saturated rings. The molecule has 2 N–H and O–H groups in total. The van der Waals surface area contributed by atoms with Crippen molar-refractivity contribution >= 4 is 22.2 Å². The SMILES string of the molecule is C=C(CC(C)(C)CO)c1nc2ccccc2nc1C(=C)CC(C)(C)CO. The van der Waals surface area contributed by atoms with E-state index >= 15 is 0 Å². The van der Waals surface area contributed by atoms with E-state index in [0.717, 1.165) is 33.6 Å². The smallest absolute Gasteiger partial charge is 0.0923 e. The van der Waals surface area contributed by atoms with Crippen molar-refractivity contribution in [1.29, 1.82) is 0 Å². The van der Waals surface area contributed by atoms with Crippen molar-refractivity contribution in [3.8, 4) is 0 Å². The maximum absolute atomic E-state index is 9.60. The topological polar surface area (TPSA) is 66.2 Å². The molecule has 26 heavy (non-hydrogen) atoms. The van der Waals surface area contributed by atoms with E-state index in [0.29, 0.717) is 12.8 Å². The summed E-state index contributed by atoms with van der Waals surface area (Å²) in [6.45, 7) is 16.6. The van der Waals surface area contributed by atoms with Gasteiger partial charge in [-0.25, -0.2) is 9.97 Å². The van der Waals surface area contributed by atoms with Gasteiger partial charge in [0.15, 0.2) is 0 Å². The quantitative estimate of drug-likeness (QED) is 0.734. The summed E-state index contributed by atoms with van der Waals surface area (Å²) in [7, 11) is 0. The van der Waals surface area contributed by atoms with E-state index < -0.39 is 0 Å². The molecule has 140 valence electrons. The molecule has 0 aliphatic heterocycles. The van der Waals surface area contributed by atoms with Gasteiger partial charge >= 0.3 is 0 Å². The number of aliphatic hydroxyl groups excluding tert-OH is 2. The van der Waals surface area contributed by atoms with Crippen LogP contribution in [-0.2, 0) is 0 Å². The molecule has 1 heterocycles. The van der Waals surface area contributed by atoms with E-state index in [1.807, 2.05) is 52.0 Å². The van der Waals surface area contributed by atoms with Crippen molar-refractivity contribution in [2.45, 2.75) is 40.5 Å². The summed E-state index contributed by atoms with van der Waals surface area (Å²) in [5, 5.41) is 19.2. The van der Waals surface area contributed by atoms with Crippen LogP contribution in [0.4, 0.5) is 0 Å². The minimum absolute atomic E-state index is 0.0703. The Morgan fingerprint density at radius 1 is 0.808 bits per heavy atom.